The summed E-state index contributed by atoms with van der Waals surface area (Å²) < 4.78 is 52.0. The van der Waals surface area contributed by atoms with Crippen molar-refractivity contribution in [1.82, 2.24) is 0 Å². The van der Waals surface area contributed by atoms with Crippen LogP contribution in [0, 0.1) is 5.92 Å². The number of aliphatic carboxylic acids is 2. The van der Waals surface area contributed by atoms with Crippen LogP contribution in [-0.4, -0.2) is 27.8 Å². The van der Waals surface area contributed by atoms with Gasteiger partial charge >= 0.3 is 11.9 Å². The zero-order chi connectivity index (χ0) is 12.7. The third-order valence-electron chi connectivity index (χ3n) is 1.95. The molecule has 0 aromatic carbocycles. The van der Waals surface area contributed by atoms with Gasteiger partial charge < -0.3 is 10.2 Å². The van der Waals surface area contributed by atoms with Gasteiger partial charge in [0.1, 0.15) is 5.83 Å². The molecule has 88 valence electrons. The summed E-state index contributed by atoms with van der Waals surface area (Å²) in [5.74, 6) is -13.9. The molecule has 0 heterocycles. The Morgan fingerprint density at radius 3 is 2.12 bits per heavy atom. The lowest BCUT2D eigenvalue weighted by atomic mass is 9.90. The molecule has 16 heavy (non-hydrogen) atoms. The number of alkyl halides is 1. The summed E-state index contributed by atoms with van der Waals surface area (Å²) in [6.45, 7) is 0. The fraction of sp³-hybridized carbons (Fsp3) is 0.250. The first-order valence-corrected chi connectivity index (χ1v) is 3.80. The Bertz CT molecular complexity index is 428. The smallest absolute Gasteiger partial charge is 0.353 e. The van der Waals surface area contributed by atoms with Crippen molar-refractivity contribution in [1.29, 1.82) is 0 Å². The van der Waals surface area contributed by atoms with Crippen LogP contribution in [0.25, 0.3) is 0 Å². The Kier molecular flexibility index (Phi) is 2.76. The van der Waals surface area contributed by atoms with Crippen molar-refractivity contribution in [3.05, 3.63) is 23.6 Å². The molecule has 0 saturated carbocycles. The second kappa shape index (κ2) is 3.62. The monoisotopic (exact) mass is 240 g/mol. The van der Waals surface area contributed by atoms with Gasteiger partial charge in [-0.25, -0.2) is 22.4 Å². The Labute approximate surface area is 85.5 Å². The molecule has 0 saturated heterocycles. The van der Waals surface area contributed by atoms with Gasteiger partial charge in [-0.15, -0.1) is 0 Å². The van der Waals surface area contributed by atoms with E-state index in [0.717, 1.165) is 0 Å². The molecule has 0 fully saturated rings. The largest absolute Gasteiger partial charge is 0.480 e. The van der Waals surface area contributed by atoms with Crippen LogP contribution < -0.4 is 0 Å². The van der Waals surface area contributed by atoms with E-state index in [9.17, 15) is 27.2 Å². The normalized spacial score (nSPS) is 30.0. The fourth-order valence-corrected chi connectivity index (χ4v) is 1.14. The molecule has 0 aromatic heterocycles. The van der Waals surface area contributed by atoms with E-state index >= 15 is 0 Å². The molecule has 0 amide bonds. The van der Waals surface area contributed by atoms with E-state index in [1.807, 2.05) is 0 Å². The standard InChI is InChI=1S/C8H4F4O4/c9-2-1-8(12,7(15)16)5(11)4(10)3(2)6(13)14/h1,3H,(H,13,14)(H,15,16). The third-order valence-corrected chi connectivity index (χ3v) is 1.95. The molecular formula is C8H4F4O4. The molecule has 0 spiro atoms. The average Bonchev–Trinajstić information content (AvgIpc) is 2.13. The van der Waals surface area contributed by atoms with Gasteiger partial charge in [0, 0.05) is 6.08 Å². The number of carboxylic acid groups (broad SMARTS) is 2. The average molecular weight is 240 g/mol. The van der Waals surface area contributed by atoms with Crippen molar-refractivity contribution < 1.29 is 37.4 Å². The maximum atomic E-state index is 13.2. The summed E-state index contributed by atoms with van der Waals surface area (Å²) in [6.07, 6.45) is -0.410. The lowest BCUT2D eigenvalue weighted by Gasteiger charge is -2.22. The SMILES string of the molecule is O=C(O)C1C(F)=CC(F)(C(=O)O)C(F)=C1F. The highest BCUT2D eigenvalue weighted by molar-refractivity contribution is 5.87. The van der Waals surface area contributed by atoms with Gasteiger partial charge in [-0.3, -0.25) is 4.79 Å². The van der Waals surface area contributed by atoms with Crippen LogP contribution >= 0.6 is 0 Å². The van der Waals surface area contributed by atoms with E-state index in [-0.39, 0.29) is 0 Å². The molecular weight excluding hydrogens is 236 g/mol. The Hall–Kier alpha value is -1.86. The lowest BCUT2D eigenvalue weighted by molar-refractivity contribution is -0.148. The lowest BCUT2D eigenvalue weighted by Crippen LogP contribution is -2.38. The topological polar surface area (TPSA) is 74.6 Å². The van der Waals surface area contributed by atoms with Crippen LogP contribution in [0.1, 0.15) is 0 Å². The van der Waals surface area contributed by atoms with Gasteiger partial charge in [-0.05, 0) is 0 Å². The van der Waals surface area contributed by atoms with E-state index in [1.165, 1.54) is 0 Å². The van der Waals surface area contributed by atoms with Crippen molar-refractivity contribution in [3.63, 3.8) is 0 Å². The first-order valence-electron chi connectivity index (χ1n) is 3.80. The maximum Gasteiger partial charge on any atom is 0.353 e. The summed E-state index contributed by atoms with van der Waals surface area (Å²) in [7, 11) is 0. The number of hydrogen-bond donors (Lipinski definition) is 2. The zero-order valence-electron chi connectivity index (χ0n) is 7.38. The van der Waals surface area contributed by atoms with Crippen molar-refractivity contribution in [2.75, 3.05) is 0 Å². The number of rotatable bonds is 2. The molecule has 8 heteroatoms. The van der Waals surface area contributed by atoms with Crippen molar-refractivity contribution in [3.8, 4) is 0 Å². The Morgan fingerprint density at radius 1 is 1.25 bits per heavy atom. The number of halogens is 4. The summed E-state index contributed by atoms with van der Waals surface area (Å²) in [5, 5.41) is 16.6. The Morgan fingerprint density at radius 2 is 1.75 bits per heavy atom. The second-order valence-electron chi connectivity index (χ2n) is 2.98. The Balaban J connectivity index is 3.37. The van der Waals surface area contributed by atoms with Crippen LogP contribution in [0.3, 0.4) is 0 Å². The predicted octanol–water partition coefficient (Wildman–Crippen LogP) is 1.50. The van der Waals surface area contributed by atoms with Gasteiger partial charge in [-0.2, -0.15) is 0 Å². The van der Waals surface area contributed by atoms with Crippen LogP contribution in [0.5, 0.6) is 0 Å². The quantitative estimate of drug-likeness (QED) is 0.717. The van der Waals surface area contributed by atoms with Crippen molar-refractivity contribution in [2.45, 2.75) is 5.67 Å². The van der Waals surface area contributed by atoms with Crippen molar-refractivity contribution >= 4 is 11.9 Å². The fourth-order valence-electron chi connectivity index (χ4n) is 1.14. The molecule has 0 aromatic rings. The van der Waals surface area contributed by atoms with Gasteiger partial charge in [0.15, 0.2) is 17.6 Å². The summed E-state index contributed by atoms with van der Waals surface area (Å²) >= 11 is 0. The van der Waals surface area contributed by atoms with E-state index < -0.39 is 47.1 Å². The first-order chi connectivity index (χ1) is 7.21. The minimum atomic E-state index is -4.00. The van der Waals surface area contributed by atoms with Gasteiger partial charge in [-0.1, -0.05) is 0 Å². The third kappa shape index (κ3) is 1.55. The van der Waals surface area contributed by atoms with Crippen LogP contribution in [-0.2, 0) is 9.59 Å². The van der Waals surface area contributed by atoms with Crippen LogP contribution in [0.4, 0.5) is 17.6 Å². The highest BCUT2D eigenvalue weighted by Crippen LogP contribution is 2.41. The van der Waals surface area contributed by atoms with E-state index in [4.69, 9.17) is 10.2 Å². The van der Waals surface area contributed by atoms with Gasteiger partial charge in [0.05, 0.1) is 0 Å². The molecule has 1 rings (SSSR count). The maximum absolute atomic E-state index is 13.2. The van der Waals surface area contributed by atoms with Crippen LogP contribution in [0.15, 0.2) is 23.6 Å². The minimum absolute atomic E-state index is 0.410. The van der Waals surface area contributed by atoms with E-state index in [2.05, 4.69) is 0 Å². The highest BCUT2D eigenvalue weighted by atomic mass is 19.2. The summed E-state index contributed by atoms with van der Waals surface area (Å²) in [5.41, 5.74) is -4.00. The zero-order valence-corrected chi connectivity index (χ0v) is 7.38. The molecule has 1 aliphatic rings. The van der Waals surface area contributed by atoms with Gasteiger partial charge in [0.25, 0.3) is 5.67 Å². The van der Waals surface area contributed by atoms with Gasteiger partial charge in [0.2, 0.25) is 0 Å². The van der Waals surface area contributed by atoms with E-state index in [0.29, 0.717) is 0 Å². The predicted molar refractivity (Wildman–Crippen MR) is 41.0 cm³/mol. The van der Waals surface area contributed by atoms with Crippen molar-refractivity contribution in [2.24, 2.45) is 5.92 Å². The first kappa shape index (κ1) is 12.2. The highest BCUT2D eigenvalue weighted by Gasteiger charge is 2.51. The molecule has 4 nitrogen and oxygen atoms in total. The molecule has 1 aliphatic carbocycles. The second-order valence-corrected chi connectivity index (χ2v) is 2.98. The number of hydrogen-bond acceptors (Lipinski definition) is 2. The number of carbonyl (C=O) groups is 2. The summed E-state index contributed by atoms with van der Waals surface area (Å²) in [6, 6.07) is 0. The molecule has 2 N–H and O–H groups in total. The molecule has 0 bridgehead atoms. The minimum Gasteiger partial charge on any atom is -0.480 e. The molecule has 2 unspecified atom stereocenters. The molecule has 0 radical (unpaired) electrons. The number of carboxylic acids is 2. The molecule has 0 aliphatic heterocycles. The van der Waals surface area contributed by atoms with Crippen LogP contribution in [0.2, 0.25) is 0 Å². The molecule has 2 atom stereocenters. The summed E-state index contributed by atoms with van der Waals surface area (Å²) in [4.78, 5) is 20.6. The van der Waals surface area contributed by atoms with E-state index in [1.54, 1.807) is 0 Å².